The summed E-state index contributed by atoms with van der Waals surface area (Å²) in [7, 11) is 1.50. The number of aldehydes is 1. The first-order valence-corrected chi connectivity index (χ1v) is 22.3. The number of amides is 1. The molecule has 0 bridgehead atoms. The molecule has 64 heavy (non-hydrogen) atoms. The third-order valence-corrected chi connectivity index (χ3v) is 12.1. The van der Waals surface area contributed by atoms with Crippen molar-refractivity contribution in [2.24, 2.45) is 22.9 Å². The fourth-order valence-corrected chi connectivity index (χ4v) is 9.31. The van der Waals surface area contributed by atoms with Crippen LogP contribution in [0.3, 0.4) is 0 Å². The van der Waals surface area contributed by atoms with Crippen LogP contribution >= 0.6 is 0 Å². The van der Waals surface area contributed by atoms with Crippen LogP contribution in [0.15, 0.2) is 103 Å². The van der Waals surface area contributed by atoms with E-state index in [1.165, 1.54) is 19.2 Å². The number of allylic oxidation sites excluding steroid dienone is 1. The highest BCUT2D eigenvalue weighted by atomic mass is 19.1. The summed E-state index contributed by atoms with van der Waals surface area (Å²) in [6, 6.07) is 15.8. The van der Waals surface area contributed by atoms with Gasteiger partial charge in [-0.05, 0) is 124 Å². The summed E-state index contributed by atoms with van der Waals surface area (Å²) in [4.78, 5) is 34.4. The summed E-state index contributed by atoms with van der Waals surface area (Å²) in [5.74, 6) is -1.03. The van der Waals surface area contributed by atoms with Gasteiger partial charge in [-0.1, -0.05) is 48.4 Å². The number of benzene rings is 3. The van der Waals surface area contributed by atoms with E-state index in [1.807, 2.05) is 32.9 Å². The van der Waals surface area contributed by atoms with Gasteiger partial charge in [-0.25, -0.2) is 9.18 Å². The minimum atomic E-state index is -1.56. The predicted octanol–water partition coefficient (Wildman–Crippen LogP) is 10.1. The van der Waals surface area contributed by atoms with Gasteiger partial charge in [0.1, 0.15) is 40.5 Å². The van der Waals surface area contributed by atoms with E-state index in [2.05, 4.69) is 19.2 Å². The Morgan fingerprint density at radius 3 is 2.38 bits per heavy atom. The van der Waals surface area contributed by atoms with Crippen molar-refractivity contribution in [1.29, 1.82) is 0 Å². The summed E-state index contributed by atoms with van der Waals surface area (Å²) >= 11 is 0. The lowest BCUT2D eigenvalue weighted by molar-refractivity contribution is -0.256. The normalized spacial score (nSPS) is 22.8. The summed E-state index contributed by atoms with van der Waals surface area (Å²) in [5.41, 5.74) is 2.68. The number of aliphatic hydroxyl groups excluding tert-OH is 2. The van der Waals surface area contributed by atoms with E-state index < -0.39 is 35.3 Å². The molecule has 1 amide bonds. The Hall–Kier alpha value is -5.50. The Labute approximate surface area is 376 Å². The van der Waals surface area contributed by atoms with Crippen LogP contribution in [0.25, 0.3) is 0 Å². The van der Waals surface area contributed by atoms with Crippen molar-refractivity contribution in [1.82, 2.24) is 4.90 Å². The van der Waals surface area contributed by atoms with E-state index in [4.69, 9.17) is 33.7 Å². The summed E-state index contributed by atoms with van der Waals surface area (Å²) in [6.45, 7) is 13.9. The first-order valence-electron chi connectivity index (χ1n) is 22.3. The van der Waals surface area contributed by atoms with E-state index in [1.54, 1.807) is 53.5 Å². The fraction of sp³-hybridized carbons (Fsp3) is 0.471. The molecule has 0 radical (unpaired) electrons. The van der Waals surface area contributed by atoms with Crippen LogP contribution in [-0.4, -0.2) is 84.2 Å². The molecule has 0 saturated heterocycles. The van der Waals surface area contributed by atoms with Gasteiger partial charge in [-0.3, -0.25) is 9.69 Å². The topological polar surface area (TPSA) is 146 Å². The van der Waals surface area contributed by atoms with Crippen molar-refractivity contribution in [3.63, 3.8) is 0 Å². The number of nitrogens with zero attached hydrogens (tertiary/aromatic N) is 2. The Balaban J connectivity index is 1.62. The van der Waals surface area contributed by atoms with Crippen LogP contribution in [0.2, 0.25) is 0 Å². The number of carbonyl (C=O) groups is 2. The maximum Gasteiger partial charge on any atom is 0.410 e. The molecule has 3 aliphatic rings. The van der Waals surface area contributed by atoms with Gasteiger partial charge in [-0.15, -0.1) is 13.2 Å². The van der Waals surface area contributed by atoms with Crippen LogP contribution in [0.5, 0.6) is 23.0 Å². The zero-order valence-corrected chi connectivity index (χ0v) is 37.5. The van der Waals surface area contributed by atoms with Crippen molar-refractivity contribution >= 4 is 18.1 Å². The second kappa shape index (κ2) is 21.9. The van der Waals surface area contributed by atoms with Gasteiger partial charge in [0, 0.05) is 37.7 Å². The number of hydrogen-bond donors (Lipinski definition) is 2. The highest BCUT2D eigenvalue weighted by Gasteiger charge is 2.65. The molecule has 6 atom stereocenters. The molecule has 1 aliphatic heterocycles. The minimum absolute atomic E-state index is 0.00133. The number of halogens is 1. The molecule has 1 fully saturated rings. The third kappa shape index (κ3) is 11.0. The first-order chi connectivity index (χ1) is 30.9. The van der Waals surface area contributed by atoms with Gasteiger partial charge in [0.05, 0.1) is 37.5 Å². The molecule has 12 nitrogen and oxygen atoms in total. The lowest BCUT2D eigenvalue weighted by Crippen LogP contribution is -2.70. The average molecular weight is 883 g/mol. The fourth-order valence-electron chi connectivity index (χ4n) is 9.31. The number of rotatable bonds is 22. The molecule has 3 aromatic rings. The van der Waals surface area contributed by atoms with Crippen LogP contribution in [0, 0.1) is 23.6 Å². The number of hydrogen-bond acceptors (Lipinski definition) is 11. The Morgan fingerprint density at radius 2 is 1.70 bits per heavy atom. The smallest absolute Gasteiger partial charge is 0.410 e. The van der Waals surface area contributed by atoms with Gasteiger partial charge in [0.25, 0.3) is 0 Å². The number of fused-ring (bicyclic) bond motifs is 2. The molecule has 344 valence electrons. The molecule has 2 N–H and O–H groups in total. The van der Waals surface area contributed by atoms with E-state index in [9.17, 15) is 24.2 Å². The van der Waals surface area contributed by atoms with E-state index in [0.717, 1.165) is 43.1 Å². The molecule has 6 unspecified atom stereocenters. The third-order valence-electron chi connectivity index (χ3n) is 12.1. The van der Waals surface area contributed by atoms with Crippen molar-refractivity contribution in [3.05, 3.63) is 120 Å². The van der Waals surface area contributed by atoms with Crippen LogP contribution in [-0.2, 0) is 20.9 Å². The van der Waals surface area contributed by atoms with Gasteiger partial charge in [0.2, 0.25) is 5.79 Å². The number of methoxy groups -OCH3 is 1. The molecule has 6 rings (SSSR count). The standard InChI is InChI=1S/C51H63FN2O10/c1-7-9-27-60-49(58)54(32-34-16-18-37(52)19-17-34)46-31-43(53-64-50(3,4)5)41-29-35(14-10-12-24-55)40(15-11-13-25-56)47-42-30-39(62-38-20-22-44(59-6)36(28-38)33-57)21-23-45(42)63-51(46,48(41)47)61-26-8-2/h7-8,16-23,28-30,33,35,40,46-48,55-56H,1-2,9-15,24-27,31-32H2,3-6H3. The second-order valence-electron chi connectivity index (χ2n) is 17.5. The molecular weight excluding hydrogens is 820 g/mol. The maximum atomic E-state index is 14.6. The van der Waals surface area contributed by atoms with Gasteiger partial charge >= 0.3 is 6.09 Å². The van der Waals surface area contributed by atoms with Crippen molar-refractivity contribution in [2.45, 2.75) is 102 Å². The highest BCUT2D eigenvalue weighted by Crippen LogP contribution is 2.62. The molecular formula is C51H63FN2O10. The highest BCUT2D eigenvalue weighted by molar-refractivity contribution is 6.03. The van der Waals surface area contributed by atoms with Gasteiger partial charge < -0.3 is 38.7 Å². The van der Waals surface area contributed by atoms with Crippen molar-refractivity contribution in [2.75, 3.05) is 33.5 Å². The summed E-state index contributed by atoms with van der Waals surface area (Å²) in [5, 5.41) is 24.8. The number of unbranched alkanes of at least 4 members (excludes halogenated alkanes) is 2. The van der Waals surface area contributed by atoms with Crippen LogP contribution in [0.1, 0.15) is 99.5 Å². The Bertz CT molecular complexity index is 2150. The first kappa shape index (κ1) is 48.0. The zero-order valence-electron chi connectivity index (χ0n) is 37.5. The van der Waals surface area contributed by atoms with E-state index in [-0.39, 0.29) is 57.1 Å². The minimum Gasteiger partial charge on any atom is -0.496 e. The second-order valence-corrected chi connectivity index (χ2v) is 17.5. The number of aliphatic hydroxyl groups is 2. The molecule has 0 aromatic heterocycles. The van der Waals surface area contributed by atoms with Crippen molar-refractivity contribution in [3.8, 4) is 23.0 Å². The van der Waals surface area contributed by atoms with Crippen LogP contribution < -0.4 is 14.2 Å². The zero-order chi connectivity index (χ0) is 45.9. The van der Waals surface area contributed by atoms with E-state index in [0.29, 0.717) is 59.1 Å². The molecule has 3 aromatic carbocycles. The average Bonchev–Trinajstić information content (AvgIpc) is 3.28. The number of oxime groups is 1. The monoisotopic (exact) mass is 882 g/mol. The lowest BCUT2D eigenvalue weighted by atomic mass is 9.55. The van der Waals surface area contributed by atoms with Gasteiger partial charge in [0.15, 0.2) is 6.29 Å². The largest absolute Gasteiger partial charge is 0.496 e. The lowest BCUT2D eigenvalue weighted by Gasteiger charge is -2.60. The summed E-state index contributed by atoms with van der Waals surface area (Å²) < 4.78 is 46.5. The quantitative estimate of drug-likeness (QED) is 0.0433. The Kier molecular flexibility index (Phi) is 16.4. The van der Waals surface area contributed by atoms with Crippen molar-refractivity contribution < 1.29 is 52.7 Å². The Morgan fingerprint density at radius 1 is 0.984 bits per heavy atom. The molecule has 2 aliphatic carbocycles. The SMILES string of the molecule is C=CCCOC(=O)N(Cc1ccc(F)cc1)C1CC(=NOC(C)(C)C)C2=CC(CCCCO)C(CCCCO)C3c4cc(Oc5ccc(OC)c(C=O)c5)ccc4OC1(OCC=C)C23. The van der Waals surface area contributed by atoms with Gasteiger partial charge in [-0.2, -0.15) is 0 Å². The maximum absolute atomic E-state index is 14.6. The predicted molar refractivity (Wildman–Crippen MR) is 242 cm³/mol. The molecule has 13 heteroatoms. The number of ether oxygens (including phenoxy) is 5. The molecule has 0 spiro atoms. The van der Waals surface area contributed by atoms with E-state index >= 15 is 0 Å². The summed E-state index contributed by atoms with van der Waals surface area (Å²) in [6.07, 6.45) is 10.5. The molecule has 1 heterocycles. The molecule has 1 saturated carbocycles. The van der Waals surface area contributed by atoms with Crippen LogP contribution in [0.4, 0.5) is 9.18 Å². The number of carbonyl (C=O) groups excluding carboxylic acids is 2.